The van der Waals surface area contributed by atoms with Crippen LogP contribution >= 0.6 is 0 Å². The summed E-state index contributed by atoms with van der Waals surface area (Å²) < 4.78 is 11.0. The summed E-state index contributed by atoms with van der Waals surface area (Å²) in [6.07, 6.45) is 12.1. The molecule has 1 heterocycles. The molecule has 0 unspecified atom stereocenters. The predicted octanol–water partition coefficient (Wildman–Crippen LogP) is 4.49. The third kappa shape index (κ3) is 9.00. The van der Waals surface area contributed by atoms with Crippen molar-refractivity contribution in [2.45, 2.75) is 76.4 Å². The van der Waals surface area contributed by atoms with Crippen LogP contribution in [0.25, 0.3) is 0 Å². The van der Waals surface area contributed by atoms with Gasteiger partial charge in [0.25, 0.3) is 0 Å². The first-order chi connectivity index (χ1) is 16.5. The summed E-state index contributed by atoms with van der Waals surface area (Å²) in [5, 5.41) is 2.67. The standard InChI is InChI=1S/C26H35N3O5/c1-29-19-23(31)34-26(17-18-26)16-12-7-5-3-2-4-6-11-15-22(30)27-24(29)28-25(32)33-20-21-13-9-8-10-14-21/h3,5,8-10,13-14H,2,4,6-7,11-12,15-20H2,1H3,(H,27,28,30,32)/b5-3+. The molecule has 1 spiro atoms. The number of aliphatic imine (C=N–C) groups is 1. The molecule has 1 saturated carbocycles. The number of nitrogens with one attached hydrogen (secondary N) is 1. The largest absolute Gasteiger partial charge is 0.458 e. The number of benzene rings is 1. The van der Waals surface area contributed by atoms with Gasteiger partial charge in [-0.15, -0.1) is 4.99 Å². The molecule has 184 valence electrons. The maximum atomic E-state index is 12.6. The van der Waals surface area contributed by atoms with Gasteiger partial charge in [0, 0.05) is 13.5 Å². The lowest BCUT2D eigenvalue weighted by atomic mass is 10.1. The van der Waals surface area contributed by atoms with Crippen LogP contribution in [0.2, 0.25) is 0 Å². The number of likely N-dealkylation sites (N-methyl/N-ethyl adjacent to an activating group) is 1. The van der Waals surface area contributed by atoms with Crippen molar-refractivity contribution in [3.63, 3.8) is 0 Å². The maximum absolute atomic E-state index is 12.6. The summed E-state index contributed by atoms with van der Waals surface area (Å²) in [6, 6.07) is 9.25. The van der Waals surface area contributed by atoms with E-state index in [0.29, 0.717) is 6.42 Å². The highest BCUT2D eigenvalue weighted by molar-refractivity contribution is 6.01. The predicted molar refractivity (Wildman–Crippen MR) is 129 cm³/mol. The van der Waals surface area contributed by atoms with E-state index in [0.717, 1.165) is 63.4 Å². The number of nitrogens with zero attached hydrogens (tertiary/aromatic N) is 2. The highest BCUT2D eigenvalue weighted by Crippen LogP contribution is 2.44. The molecular weight excluding hydrogens is 434 g/mol. The van der Waals surface area contributed by atoms with Gasteiger partial charge < -0.3 is 14.4 Å². The molecule has 1 aliphatic heterocycles. The number of amides is 2. The SMILES string of the molecule is CN1CC(=O)OC2(CCC/C=C/CCCCCC(=O)NC1=NC(=O)OCc1ccccc1)CC2. The van der Waals surface area contributed by atoms with E-state index in [1.807, 2.05) is 30.3 Å². The van der Waals surface area contributed by atoms with Crippen molar-refractivity contribution in [2.24, 2.45) is 4.99 Å². The molecule has 8 heteroatoms. The quantitative estimate of drug-likeness (QED) is 0.506. The summed E-state index contributed by atoms with van der Waals surface area (Å²) in [5.74, 6) is -0.685. The number of rotatable bonds is 2. The third-order valence-corrected chi connectivity index (χ3v) is 5.96. The number of hydrogen-bond donors (Lipinski definition) is 1. The normalized spacial score (nSPS) is 22.3. The fraction of sp³-hybridized carbons (Fsp3) is 0.538. The van der Waals surface area contributed by atoms with Crippen LogP contribution in [0.4, 0.5) is 4.79 Å². The minimum Gasteiger partial charge on any atom is -0.458 e. The Bertz CT molecular complexity index is 893. The Morgan fingerprint density at radius 2 is 1.79 bits per heavy atom. The molecule has 0 saturated heterocycles. The fourth-order valence-corrected chi connectivity index (χ4v) is 3.82. The van der Waals surface area contributed by atoms with E-state index in [1.54, 1.807) is 7.05 Å². The lowest BCUT2D eigenvalue weighted by Gasteiger charge is -2.23. The summed E-state index contributed by atoms with van der Waals surface area (Å²) >= 11 is 0. The Labute approximate surface area is 201 Å². The minimum absolute atomic E-state index is 0.0195. The van der Waals surface area contributed by atoms with Crippen molar-refractivity contribution in [1.29, 1.82) is 0 Å². The van der Waals surface area contributed by atoms with E-state index in [4.69, 9.17) is 9.47 Å². The molecular formula is C26H35N3O5. The molecule has 1 aromatic carbocycles. The molecule has 1 N–H and O–H groups in total. The van der Waals surface area contributed by atoms with Gasteiger partial charge in [-0.3, -0.25) is 14.9 Å². The van der Waals surface area contributed by atoms with Crippen LogP contribution in [0.1, 0.15) is 69.8 Å². The monoisotopic (exact) mass is 469 g/mol. The van der Waals surface area contributed by atoms with Crippen LogP contribution in [-0.4, -0.2) is 48.0 Å². The highest BCUT2D eigenvalue weighted by atomic mass is 16.6. The molecule has 1 aromatic rings. The lowest BCUT2D eigenvalue weighted by molar-refractivity contribution is -0.151. The van der Waals surface area contributed by atoms with Crippen LogP contribution in [0.15, 0.2) is 47.5 Å². The first-order valence-electron chi connectivity index (χ1n) is 12.1. The molecule has 0 radical (unpaired) electrons. The fourth-order valence-electron chi connectivity index (χ4n) is 3.82. The van der Waals surface area contributed by atoms with Gasteiger partial charge in [0.2, 0.25) is 11.9 Å². The van der Waals surface area contributed by atoms with Crippen LogP contribution in [0.3, 0.4) is 0 Å². The van der Waals surface area contributed by atoms with Crippen molar-refractivity contribution >= 4 is 23.9 Å². The average molecular weight is 470 g/mol. The zero-order valence-corrected chi connectivity index (χ0v) is 20.0. The summed E-state index contributed by atoms with van der Waals surface area (Å²) in [4.78, 5) is 42.8. The number of esters is 1. The van der Waals surface area contributed by atoms with Gasteiger partial charge in [0.05, 0.1) is 0 Å². The Kier molecular flexibility index (Phi) is 9.67. The third-order valence-electron chi connectivity index (χ3n) is 5.96. The van der Waals surface area contributed by atoms with Gasteiger partial charge in [-0.05, 0) is 56.9 Å². The number of carbonyl (C=O) groups excluding carboxylic acids is 3. The van der Waals surface area contributed by atoms with Crippen molar-refractivity contribution in [3.05, 3.63) is 48.0 Å². The smallest absolute Gasteiger partial charge is 0.437 e. The topological polar surface area (TPSA) is 97.3 Å². The molecule has 2 aliphatic rings. The number of hydrogen-bond acceptors (Lipinski definition) is 5. The van der Waals surface area contributed by atoms with Crippen LogP contribution < -0.4 is 5.32 Å². The second-order valence-electron chi connectivity index (χ2n) is 9.00. The van der Waals surface area contributed by atoms with E-state index in [2.05, 4.69) is 22.5 Å². The van der Waals surface area contributed by atoms with E-state index in [-0.39, 0.29) is 30.6 Å². The number of allylic oxidation sites excluding steroid dienone is 2. The minimum atomic E-state index is -0.841. The van der Waals surface area contributed by atoms with Gasteiger partial charge in [-0.2, -0.15) is 0 Å². The summed E-state index contributed by atoms with van der Waals surface area (Å²) in [6.45, 7) is -0.0696. The molecule has 0 bridgehead atoms. The van der Waals surface area contributed by atoms with Crippen molar-refractivity contribution in [3.8, 4) is 0 Å². The molecule has 0 aromatic heterocycles. The van der Waals surface area contributed by atoms with Crippen molar-refractivity contribution < 1.29 is 23.9 Å². The van der Waals surface area contributed by atoms with Crippen LogP contribution in [0, 0.1) is 0 Å². The Morgan fingerprint density at radius 1 is 1.06 bits per heavy atom. The first kappa shape index (κ1) is 25.5. The van der Waals surface area contributed by atoms with E-state index >= 15 is 0 Å². The molecule has 3 rings (SSSR count). The van der Waals surface area contributed by atoms with E-state index < -0.39 is 12.1 Å². The zero-order chi connectivity index (χ0) is 24.2. The van der Waals surface area contributed by atoms with Crippen molar-refractivity contribution in [2.75, 3.05) is 13.6 Å². The molecule has 1 fully saturated rings. The molecule has 0 atom stereocenters. The van der Waals surface area contributed by atoms with E-state index in [9.17, 15) is 14.4 Å². The second kappa shape index (κ2) is 12.9. The average Bonchev–Trinajstić information content (AvgIpc) is 3.57. The van der Waals surface area contributed by atoms with Crippen molar-refractivity contribution in [1.82, 2.24) is 10.2 Å². The molecule has 1 aliphatic carbocycles. The van der Waals surface area contributed by atoms with Gasteiger partial charge in [-0.25, -0.2) is 4.79 Å². The first-order valence-corrected chi connectivity index (χ1v) is 12.1. The molecule has 8 nitrogen and oxygen atoms in total. The van der Waals surface area contributed by atoms with Gasteiger partial charge in [-0.1, -0.05) is 48.9 Å². The number of ether oxygens (including phenoxy) is 2. The van der Waals surface area contributed by atoms with Gasteiger partial charge >= 0.3 is 12.1 Å². The Hall–Kier alpha value is -3.16. The van der Waals surface area contributed by atoms with Crippen LogP contribution in [-0.2, 0) is 25.7 Å². The van der Waals surface area contributed by atoms with Gasteiger partial charge in [0.1, 0.15) is 18.8 Å². The number of guanidine groups is 1. The van der Waals surface area contributed by atoms with Gasteiger partial charge in [0.15, 0.2) is 0 Å². The molecule has 2 amide bonds. The highest BCUT2D eigenvalue weighted by Gasteiger charge is 2.46. The lowest BCUT2D eigenvalue weighted by Crippen LogP contribution is -2.45. The summed E-state index contributed by atoms with van der Waals surface area (Å²) in [7, 11) is 1.59. The maximum Gasteiger partial charge on any atom is 0.437 e. The number of carbonyl (C=O) groups is 3. The summed E-state index contributed by atoms with van der Waals surface area (Å²) in [5.41, 5.74) is 0.457. The molecule has 34 heavy (non-hydrogen) atoms. The Morgan fingerprint density at radius 3 is 2.53 bits per heavy atom. The van der Waals surface area contributed by atoms with E-state index in [1.165, 1.54) is 4.90 Å². The zero-order valence-electron chi connectivity index (χ0n) is 20.0. The van der Waals surface area contributed by atoms with Crippen LogP contribution in [0.5, 0.6) is 0 Å². The second-order valence-corrected chi connectivity index (χ2v) is 9.00. The Balaban J connectivity index is 1.66.